The van der Waals surface area contributed by atoms with Crippen LogP contribution in [0.1, 0.15) is 15.9 Å². The molecule has 0 heterocycles. The van der Waals surface area contributed by atoms with Gasteiger partial charge < -0.3 is 19.5 Å². The van der Waals surface area contributed by atoms with E-state index < -0.39 is 0 Å². The summed E-state index contributed by atoms with van der Waals surface area (Å²) < 4.78 is 16.2. The van der Waals surface area contributed by atoms with E-state index in [0.717, 1.165) is 12.2 Å². The molecule has 3 rings (SSSR count). The third kappa shape index (κ3) is 5.04. The van der Waals surface area contributed by atoms with E-state index in [9.17, 15) is 4.79 Å². The van der Waals surface area contributed by atoms with E-state index >= 15 is 0 Å². The van der Waals surface area contributed by atoms with Crippen LogP contribution in [-0.4, -0.2) is 26.7 Å². The Morgan fingerprint density at radius 2 is 1.57 bits per heavy atom. The van der Waals surface area contributed by atoms with Crippen LogP contribution in [0.3, 0.4) is 0 Å². The summed E-state index contributed by atoms with van der Waals surface area (Å²) in [5.74, 6) is 1.59. The number of hydrogen-bond acceptors (Lipinski definition) is 4. The number of carbonyl (C=O) groups excluding carboxylic acids is 1. The van der Waals surface area contributed by atoms with Gasteiger partial charge in [-0.05, 0) is 42.0 Å². The van der Waals surface area contributed by atoms with E-state index in [2.05, 4.69) is 17.4 Å². The molecule has 0 atom stereocenters. The maximum absolute atomic E-state index is 12.5. The van der Waals surface area contributed by atoms with Gasteiger partial charge in [-0.2, -0.15) is 0 Å². The summed E-state index contributed by atoms with van der Waals surface area (Å²) in [7, 11) is 3.09. The van der Waals surface area contributed by atoms with Crippen molar-refractivity contribution >= 4 is 11.6 Å². The van der Waals surface area contributed by atoms with Gasteiger partial charge >= 0.3 is 0 Å². The van der Waals surface area contributed by atoms with Crippen LogP contribution in [0, 0.1) is 0 Å². The molecular formula is C23H23NO4. The molecule has 0 saturated heterocycles. The van der Waals surface area contributed by atoms with Gasteiger partial charge in [-0.15, -0.1) is 0 Å². The summed E-state index contributed by atoms with van der Waals surface area (Å²) in [4.78, 5) is 12.5. The summed E-state index contributed by atoms with van der Waals surface area (Å²) in [5, 5.41) is 2.86. The van der Waals surface area contributed by atoms with Crippen LogP contribution in [-0.2, 0) is 6.42 Å². The van der Waals surface area contributed by atoms with Crippen molar-refractivity contribution in [3.8, 4) is 17.2 Å². The molecule has 0 saturated carbocycles. The van der Waals surface area contributed by atoms with Gasteiger partial charge in [-0.25, -0.2) is 0 Å². The molecule has 0 aliphatic heterocycles. The van der Waals surface area contributed by atoms with Gasteiger partial charge in [0.05, 0.1) is 26.4 Å². The van der Waals surface area contributed by atoms with Crippen LogP contribution in [0.4, 0.5) is 5.69 Å². The Morgan fingerprint density at radius 3 is 2.25 bits per heavy atom. The van der Waals surface area contributed by atoms with Crippen LogP contribution >= 0.6 is 0 Å². The van der Waals surface area contributed by atoms with Crippen molar-refractivity contribution in [1.82, 2.24) is 0 Å². The maximum Gasteiger partial charge on any atom is 0.259 e. The smallest absolute Gasteiger partial charge is 0.259 e. The predicted octanol–water partition coefficient (Wildman–Crippen LogP) is 4.58. The number of ether oxygens (including phenoxy) is 3. The fraction of sp³-hybridized carbons (Fsp3) is 0.174. The molecule has 0 spiro atoms. The van der Waals surface area contributed by atoms with Gasteiger partial charge in [0.2, 0.25) is 0 Å². The average Bonchev–Trinajstić information content (AvgIpc) is 2.75. The molecule has 0 aliphatic rings. The number of methoxy groups -OCH3 is 2. The number of nitrogens with one attached hydrogen (secondary N) is 1. The normalized spacial score (nSPS) is 10.2. The highest BCUT2D eigenvalue weighted by Gasteiger charge is 2.13. The lowest BCUT2D eigenvalue weighted by Crippen LogP contribution is -2.13. The molecule has 3 aromatic rings. The summed E-state index contributed by atoms with van der Waals surface area (Å²) in [6.07, 6.45) is 0.844. The largest absolute Gasteiger partial charge is 0.497 e. The zero-order chi connectivity index (χ0) is 19.8. The molecule has 0 bridgehead atoms. The van der Waals surface area contributed by atoms with E-state index in [1.165, 1.54) is 12.7 Å². The topological polar surface area (TPSA) is 56.8 Å². The van der Waals surface area contributed by atoms with Crippen molar-refractivity contribution in [1.29, 1.82) is 0 Å². The fourth-order valence-corrected chi connectivity index (χ4v) is 2.75. The van der Waals surface area contributed by atoms with Crippen LogP contribution in [0.15, 0.2) is 72.8 Å². The lowest BCUT2D eigenvalue weighted by molar-refractivity contribution is 0.102. The monoisotopic (exact) mass is 377 g/mol. The highest BCUT2D eigenvalue weighted by atomic mass is 16.5. The first kappa shape index (κ1) is 19.3. The molecule has 0 radical (unpaired) electrons. The van der Waals surface area contributed by atoms with E-state index in [0.29, 0.717) is 29.4 Å². The van der Waals surface area contributed by atoms with Crippen molar-refractivity contribution in [3.63, 3.8) is 0 Å². The molecule has 1 amide bonds. The third-order valence-corrected chi connectivity index (χ3v) is 4.27. The number of amides is 1. The van der Waals surface area contributed by atoms with E-state index in [-0.39, 0.29) is 5.91 Å². The Morgan fingerprint density at radius 1 is 0.857 bits per heavy atom. The number of carbonyl (C=O) groups is 1. The minimum Gasteiger partial charge on any atom is -0.497 e. The van der Waals surface area contributed by atoms with E-state index in [1.54, 1.807) is 25.3 Å². The molecule has 0 aliphatic carbocycles. The lowest BCUT2D eigenvalue weighted by atomic mass is 10.1. The molecule has 1 N–H and O–H groups in total. The Balaban J connectivity index is 1.57. The summed E-state index contributed by atoms with van der Waals surface area (Å²) >= 11 is 0. The van der Waals surface area contributed by atoms with Crippen LogP contribution in [0.5, 0.6) is 17.2 Å². The standard InChI is InChI=1S/C23H23NO4/c1-26-20-12-13-21(22(16-20)27-2)23(25)24-18-8-10-19(11-9-18)28-15-14-17-6-4-3-5-7-17/h3-13,16H,14-15H2,1-2H3,(H,24,25). The van der Waals surface area contributed by atoms with Gasteiger partial charge in [0.15, 0.2) is 0 Å². The average molecular weight is 377 g/mol. The highest BCUT2D eigenvalue weighted by Crippen LogP contribution is 2.25. The van der Waals surface area contributed by atoms with Crippen molar-refractivity contribution < 1.29 is 19.0 Å². The number of anilines is 1. The second kappa shape index (κ2) is 9.46. The maximum atomic E-state index is 12.5. The quantitative estimate of drug-likeness (QED) is 0.624. The van der Waals surface area contributed by atoms with Crippen molar-refractivity contribution in [2.45, 2.75) is 6.42 Å². The molecule has 0 fully saturated rings. The third-order valence-electron chi connectivity index (χ3n) is 4.27. The Hall–Kier alpha value is -3.47. The van der Waals surface area contributed by atoms with Crippen molar-refractivity contribution in [2.75, 3.05) is 26.1 Å². The molecule has 5 nitrogen and oxygen atoms in total. The number of benzene rings is 3. The first-order valence-electron chi connectivity index (χ1n) is 9.00. The van der Waals surface area contributed by atoms with Crippen LogP contribution < -0.4 is 19.5 Å². The first-order valence-corrected chi connectivity index (χ1v) is 9.00. The fourth-order valence-electron chi connectivity index (χ4n) is 2.75. The highest BCUT2D eigenvalue weighted by molar-refractivity contribution is 6.06. The van der Waals surface area contributed by atoms with Gasteiger partial charge in [-0.3, -0.25) is 4.79 Å². The van der Waals surface area contributed by atoms with Gasteiger partial charge in [0.1, 0.15) is 17.2 Å². The van der Waals surface area contributed by atoms with Crippen LogP contribution in [0.25, 0.3) is 0 Å². The molecule has 3 aromatic carbocycles. The zero-order valence-electron chi connectivity index (χ0n) is 16.0. The van der Waals surface area contributed by atoms with Gasteiger partial charge in [0.25, 0.3) is 5.91 Å². The summed E-state index contributed by atoms with van der Waals surface area (Å²) in [6.45, 7) is 0.596. The number of hydrogen-bond donors (Lipinski definition) is 1. The second-order valence-electron chi connectivity index (χ2n) is 6.13. The molecular weight excluding hydrogens is 354 g/mol. The lowest BCUT2D eigenvalue weighted by Gasteiger charge is -2.11. The molecule has 28 heavy (non-hydrogen) atoms. The first-order chi connectivity index (χ1) is 13.7. The van der Waals surface area contributed by atoms with E-state index in [4.69, 9.17) is 14.2 Å². The Bertz CT molecular complexity index is 908. The van der Waals surface area contributed by atoms with Crippen molar-refractivity contribution in [2.24, 2.45) is 0 Å². The molecule has 144 valence electrons. The predicted molar refractivity (Wildman–Crippen MR) is 110 cm³/mol. The van der Waals surface area contributed by atoms with Gasteiger partial charge in [0, 0.05) is 18.2 Å². The molecule has 0 unspecified atom stereocenters. The van der Waals surface area contributed by atoms with Gasteiger partial charge in [-0.1, -0.05) is 30.3 Å². The minimum atomic E-state index is -0.253. The van der Waals surface area contributed by atoms with Crippen molar-refractivity contribution in [3.05, 3.63) is 83.9 Å². The SMILES string of the molecule is COc1ccc(C(=O)Nc2ccc(OCCc3ccccc3)cc2)c(OC)c1. The second-order valence-corrected chi connectivity index (χ2v) is 6.13. The van der Waals surface area contributed by atoms with Crippen LogP contribution in [0.2, 0.25) is 0 Å². The minimum absolute atomic E-state index is 0.253. The number of rotatable bonds is 8. The zero-order valence-corrected chi connectivity index (χ0v) is 16.0. The summed E-state index contributed by atoms with van der Waals surface area (Å²) in [5.41, 5.74) is 2.35. The molecule has 5 heteroatoms. The Labute approximate surface area is 164 Å². The summed E-state index contributed by atoms with van der Waals surface area (Å²) in [6, 6.07) is 22.6. The van der Waals surface area contributed by atoms with E-state index in [1.807, 2.05) is 42.5 Å². The molecule has 0 aromatic heterocycles. The Kier molecular flexibility index (Phi) is 6.52.